The van der Waals surface area contributed by atoms with Gasteiger partial charge in [-0.15, -0.1) is 11.3 Å². The van der Waals surface area contributed by atoms with Crippen molar-refractivity contribution in [3.63, 3.8) is 0 Å². The summed E-state index contributed by atoms with van der Waals surface area (Å²) in [4.78, 5) is 1.11. The molecule has 1 aliphatic carbocycles. The summed E-state index contributed by atoms with van der Waals surface area (Å²) in [5.41, 5.74) is 1.85. The monoisotopic (exact) mass is 386 g/mol. The number of ether oxygens (including phenoxy) is 1. The molecule has 0 radical (unpaired) electrons. The van der Waals surface area contributed by atoms with E-state index in [9.17, 15) is 0 Å². The summed E-state index contributed by atoms with van der Waals surface area (Å²) in [5, 5.41) is 2.05. The molecule has 0 saturated heterocycles. The van der Waals surface area contributed by atoms with E-state index in [4.69, 9.17) is 27.9 Å². The van der Waals surface area contributed by atoms with E-state index in [0.717, 1.165) is 17.0 Å². The van der Waals surface area contributed by atoms with Gasteiger partial charge in [0.15, 0.2) is 9.93 Å². The minimum absolute atomic E-state index is 0.0390. The van der Waals surface area contributed by atoms with Crippen molar-refractivity contribution in [2.45, 2.75) is 22.3 Å². The van der Waals surface area contributed by atoms with Gasteiger partial charge in [-0.05, 0) is 35.1 Å². The summed E-state index contributed by atoms with van der Waals surface area (Å²) < 4.78 is 5.55. The van der Waals surface area contributed by atoms with Crippen LogP contribution >= 0.6 is 34.5 Å². The Morgan fingerprint density at radius 3 is 2.44 bits per heavy atom. The summed E-state index contributed by atoms with van der Waals surface area (Å²) in [6.45, 7) is 0. The van der Waals surface area contributed by atoms with E-state index in [1.807, 2.05) is 24.3 Å². The van der Waals surface area contributed by atoms with Crippen molar-refractivity contribution >= 4 is 34.5 Å². The van der Waals surface area contributed by atoms with Crippen molar-refractivity contribution in [2.75, 3.05) is 0 Å². The first-order valence-electron chi connectivity index (χ1n) is 8.38. The molecule has 2 aliphatic rings. The van der Waals surface area contributed by atoms with Crippen LogP contribution in [0.2, 0.25) is 0 Å². The number of thiophene rings is 1. The molecular weight excluding hydrogens is 371 g/mol. The fourth-order valence-corrected chi connectivity index (χ4v) is 6.36. The molecule has 0 unspecified atom stereocenters. The average Bonchev–Trinajstić information content (AvgIpc) is 2.99. The molecule has 25 heavy (non-hydrogen) atoms. The van der Waals surface area contributed by atoms with Crippen LogP contribution in [0.3, 0.4) is 0 Å². The van der Waals surface area contributed by atoms with Gasteiger partial charge in [0.05, 0.1) is 10.8 Å². The third-order valence-electron chi connectivity index (χ3n) is 5.42. The Morgan fingerprint density at radius 2 is 1.68 bits per heavy atom. The Bertz CT molecular complexity index is 907. The first-order valence-corrected chi connectivity index (χ1v) is 10.0. The Labute approximate surface area is 161 Å². The second kappa shape index (κ2) is 5.51. The molecule has 4 heteroatoms. The Hall–Kier alpha value is -1.48. The third kappa shape index (κ3) is 2.14. The number of rotatable bonds is 3. The van der Waals surface area contributed by atoms with Crippen LogP contribution in [0, 0.1) is 5.92 Å². The summed E-state index contributed by atoms with van der Waals surface area (Å²) >= 11 is 15.4. The Kier molecular flexibility index (Phi) is 3.47. The van der Waals surface area contributed by atoms with Crippen LogP contribution in [0.4, 0.5) is 0 Å². The van der Waals surface area contributed by atoms with E-state index in [2.05, 4.69) is 47.8 Å². The van der Waals surface area contributed by atoms with Crippen LogP contribution in [0.5, 0.6) is 5.75 Å². The summed E-state index contributed by atoms with van der Waals surface area (Å²) in [6, 6.07) is 22.9. The van der Waals surface area contributed by atoms with Crippen molar-refractivity contribution in [1.29, 1.82) is 0 Å². The van der Waals surface area contributed by atoms with Crippen molar-refractivity contribution < 1.29 is 4.74 Å². The number of hydrogen-bond donors (Lipinski definition) is 0. The molecule has 0 spiro atoms. The van der Waals surface area contributed by atoms with Crippen LogP contribution in [0.25, 0.3) is 0 Å². The SMILES string of the molecule is ClC1(Cl)[C@@H]2[C@@H](Cc3ccccc3)c3ccccc3O[C@]21c1cccs1. The number of hydrogen-bond acceptors (Lipinski definition) is 2. The standard InChI is InChI=1S/C21H16Cl2OS/c22-21(23)19-16(13-14-7-2-1-3-8-14)15-9-4-5-10-17(15)24-20(19,21)18-11-6-12-25-18/h1-12,16,19H,13H2/t16-,19+,20+/m0/s1. The van der Waals surface area contributed by atoms with Gasteiger partial charge in [0.1, 0.15) is 5.75 Å². The van der Waals surface area contributed by atoms with Crippen LogP contribution in [-0.2, 0) is 12.0 Å². The zero-order chi connectivity index (χ0) is 17.1. The average molecular weight is 387 g/mol. The van der Waals surface area contributed by atoms with E-state index in [-0.39, 0.29) is 11.8 Å². The van der Waals surface area contributed by atoms with Gasteiger partial charge >= 0.3 is 0 Å². The molecule has 0 amide bonds. The van der Waals surface area contributed by atoms with Crippen molar-refractivity contribution in [1.82, 2.24) is 0 Å². The molecule has 0 bridgehead atoms. The molecule has 0 N–H and O–H groups in total. The van der Waals surface area contributed by atoms with Crippen molar-refractivity contribution in [2.24, 2.45) is 5.92 Å². The van der Waals surface area contributed by atoms with Crippen LogP contribution in [0.15, 0.2) is 72.1 Å². The van der Waals surface area contributed by atoms with Gasteiger partial charge in [-0.2, -0.15) is 0 Å². The topological polar surface area (TPSA) is 9.23 Å². The Morgan fingerprint density at radius 1 is 0.920 bits per heavy atom. The molecule has 1 aliphatic heterocycles. The van der Waals surface area contributed by atoms with Gasteiger partial charge in [-0.3, -0.25) is 0 Å². The third-order valence-corrected chi connectivity index (χ3v) is 7.44. The van der Waals surface area contributed by atoms with Crippen LogP contribution < -0.4 is 4.74 Å². The lowest BCUT2D eigenvalue weighted by Crippen LogP contribution is -2.28. The zero-order valence-corrected chi connectivity index (χ0v) is 15.7. The minimum Gasteiger partial charge on any atom is -0.478 e. The first kappa shape index (κ1) is 15.7. The predicted octanol–water partition coefficient (Wildman–Crippen LogP) is 6.17. The summed E-state index contributed by atoms with van der Waals surface area (Å²) in [6.07, 6.45) is 0.903. The van der Waals surface area contributed by atoms with Crippen LogP contribution in [0.1, 0.15) is 21.9 Å². The quantitative estimate of drug-likeness (QED) is 0.489. The highest BCUT2D eigenvalue weighted by Gasteiger charge is 2.83. The van der Waals surface area contributed by atoms with E-state index in [0.29, 0.717) is 0 Å². The predicted molar refractivity (Wildman–Crippen MR) is 104 cm³/mol. The molecule has 3 aromatic rings. The molecule has 3 atom stereocenters. The second-order valence-corrected chi connectivity index (χ2v) is 9.08. The molecule has 1 nitrogen and oxygen atoms in total. The fourth-order valence-electron chi connectivity index (χ4n) is 4.26. The van der Waals surface area contributed by atoms with E-state index >= 15 is 0 Å². The fraction of sp³-hybridized carbons (Fsp3) is 0.238. The summed E-state index contributed by atoms with van der Waals surface area (Å²) in [7, 11) is 0. The van der Waals surface area contributed by atoms with Gasteiger partial charge in [0.2, 0.25) is 0 Å². The highest BCUT2D eigenvalue weighted by Crippen LogP contribution is 2.77. The second-order valence-electron chi connectivity index (χ2n) is 6.75. The Balaban J connectivity index is 1.64. The van der Waals surface area contributed by atoms with E-state index in [1.165, 1.54) is 11.1 Å². The number of alkyl halides is 2. The van der Waals surface area contributed by atoms with Gasteiger partial charge in [-0.25, -0.2) is 0 Å². The van der Waals surface area contributed by atoms with Gasteiger partial charge < -0.3 is 4.74 Å². The lowest BCUT2D eigenvalue weighted by molar-refractivity contribution is 0.136. The maximum absolute atomic E-state index is 6.86. The number of halogens is 2. The van der Waals surface area contributed by atoms with E-state index in [1.54, 1.807) is 11.3 Å². The maximum Gasteiger partial charge on any atom is 0.183 e. The first-order chi connectivity index (χ1) is 12.1. The van der Waals surface area contributed by atoms with Crippen molar-refractivity contribution in [3.05, 3.63) is 88.1 Å². The summed E-state index contributed by atoms with van der Waals surface area (Å²) in [5.74, 6) is 1.16. The molecule has 1 aromatic heterocycles. The van der Waals surface area contributed by atoms with Crippen molar-refractivity contribution in [3.8, 4) is 5.75 Å². The molecule has 1 saturated carbocycles. The number of benzene rings is 2. The molecule has 2 aromatic carbocycles. The normalized spacial score (nSPS) is 28.6. The lowest BCUT2D eigenvalue weighted by Gasteiger charge is -2.30. The maximum atomic E-state index is 6.86. The van der Waals surface area contributed by atoms with E-state index < -0.39 is 9.93 Å². The molecule has 126 valence electrons. The smallest absolute Gasteiger partial charge is 0.183 e. The number of para-hydroxylation sites is 1. The zero-order valence-electron chi connectivity index (χ0n) is 13.4. The minimum atomic E-state index is -0.920. The van der Waals surface area contributed by atoms with Gasteiger partial charge in [-0.1, -0.05) is 77.8 Å². The molecule has 1 fully saturated rings. The van der Waals surface area contributed by atoms with Gasteiger partial charge in [0, 0.05) is 5.92 Å². The van der Waals surface area contributed by atoms with Crippen LogP contribution in [-0.4, -0.2) is 4.33 Å². The number of fused-ring (bicyclic) bond motifs is 2. The molecule has 5 rings (SSSR count). The van der Waals surface area contributed by atoms with Gasteiger partial charge in [0.25, 0.3) is 0 Å². The molecular formula is C21H16Cl2OS. The largest absolute Gasteiger partial charge is 0.478 e. The highest BCUT2D eigenvalue weighted by molar-refractivity contribution is 7.10. The highest BCUT2D eigenvalue weighted by atomic mass is 35.5. The lowest BCUT2D eigenvalue weighted by atomic mass is 9.84. The molecule has 2 heterocycles.